The Morgan fingerprint density at radius 2 is 1.83 bits per heavy atom. The molecule has 0 bridgehead atoms. The quantitative estimate of drug-likeness (QED) is 0.702. The van der Waals surface area contributed by atoms with Crippen molar-refractivity contribution >= 4 is 0 Å². The average molecular weight is 268 g/mol. The van der Waals surface area contributed by atoms with E-state index in [1.807, 2.05) is 13.8 Å². The fourth-order valence-electron chi connectivity index (χ4n) is 1.98. The first-order chi connectivity index (χ1) is 8.22. The van der Waals surface area contributed by atoms with Crippen molar-refractivity contribution in [3.05, 3.63) is 0 Å². The zero-order chi connectivity index (χ0) is 13.8. The Morgan fingerprint density at radius 3 is 2.28 bits per heavy atom. The fraction of sp³-hybridized carbons (Fsp3) is 1.00. The van der Waals surface area contributed by atoms with Crippen LogP contribution in [0.5, 0.6) is 0 Å². The smallest absolute Gasteiger partial charge is 0.395 e. The van der Waals surface area contributed by atoms with Crippen LogP contribution in [0, 0.1) is 5.41 Å². The molecule has 1 saturated carbocycles. The van der Waals surface area contributed by atoms with Crippen molar-refractivity contribution in [2.24, 2.45) is 5.41 Å². The minimum absolute atomic E-state index is 0.0619. The molecule has 0 aromatic rings. The normalized spacial score (nSPS) is 17.5. The van der Waals surface area contributed by atoms with Crippen LogP contribution in [0.4, 0.5) is 13.2 Å². The van der Waals surface area contributed by atoms with Crippen LogP contribution in [-0.4, -0.2) is 55.0 Å². The van der Waals surface area contributed by atoms with Crippen molar-refractivity contribution in [1.29, 1.82) is 0 Å². The van der Waals surface area contributed by atoms with Crippen LogP contribution in [0.25, 0.3) is 0 Å². The summed E-state index contributed by atoms with van der Waals surface area (Å²) in [5.41, 5.74) is -0.233. The third-order valence-corrected chi connectivity index (χ3v) is 2.92. The van der Waals surface area contributed by atoms with E-state index in [9.17, 15) is 13.2 Å². The maximum atomic E-state index is 12.4. The molecule has 1 aliphatic rings. The number of hydrogen-bond donors (Lipinski definition) is 2. The lowest BCUT2D eigenvalue weighted by Gasteiger charge is -2.33. The van der Waals surface area contributed by atoms with Crippen molar-refractivity contribution in [1.82, 2.24) is 10.2 Å². The first-order valence-corrected chi connectivity index (χ1v) is 6.35. The Bertz CT molecular complexity index is 252. The lowest BCUT2D eigenvalue weighted by atomic mass is 9.92. The van der Waals surface area contributed by atoms with Gasteiger partial charge in [-0.3, -0.25) is 4.90 Å². The second-order valence-electron chi connectivity index (χ2n) is 5.87. The van der Waals surface area contributed by atoms with E-state index in [0.717, 1.165) is 0 Å². The maximum absolute atomic E-state index is 12.4. The number of aliphatic hydroxyl groups excluding tert-OH is 1. The van der Waals surface area contributed by atoms with Crippen LogP contribution in [-0.2, 0) is 0 Å². The first kappa shape index (κ1) is 15.7. The lowest BCUT2D eigenvalue weighted by Crippen LogP contribution is -2.45. The molecular formula is C12H23F3N2O. The molecule has 0 spiro atoms. The third kappa shape index (κ3) is 7.18. The molecule has 1 aliphatic carbocycles. The van der Waals surface area contributed by atoms with E-state index in [1.54, 1.807) is 0 Å². The van der Waals surface area contributed by atoms with Gasteiger partial charge in [-0.25, -0.2) is 0 Å². The highest BCUT2D eigenvalue weighted by Gasteiger charge is 2.33. The van der Waals surface area contributed by atoms with Gasteiger partial charge in [-0.05, 0) is 18.3 Å². The topological polar surface area (TPSA) is 35.5 Å². The van der Waals surface area contributed by atoms with Crippen LogP contribution >= 0.6 is 0 Å². The molecule has 0 unspecified atom stereocenters. The van der Waals surface area contributed by atoms with E-state index in [0.29, 0.717) is 19.1 Å². The molecule has 108 valence electrons. The van der Waals surface area contributed by atoms with E-state index >= 15 is 0 Å². The van der Waals surface area contributed by atoms with E-state index in [2.05, 4.69) is 5.32 Å². The summed E-state index contributed by atoms with van der Waals surface area (Å²) >= 11 is 0. The van der Waals surface area contributed by atoms with Crippen molar-refractivity contribution in [3.63, 3.8) is 0 Å². The van der Waals surface area contributed by atoms with Gasteiger partial charge in [0, 0.05) is 25.7 Å². The second-order valence-corrected chi connectivity index (χ2v) is 5.87. The van der Waals surface area contributed by atoms with Gasteiger partial charge in [-0.2, -0.15) is 13.2 Å². The molecule has 0 aromatic carbocycles. The summed E-state index contributed by atoms with van der Waals surface area (Å²) in [6.45, 7) is 3.78. The summed E-state index contributed by atoms with van der Waals surface area (Å²) in [4.78, 5) is 1.27. The monoisotopic (exact) mass is 268 g/mol. The fourth-order valence-corrected chi connectivity index (χ4v) is 1.98. The van der Waals surface area contributed by atoms with Crippen molar-refractivity contribution in [2.45, 2.75) is 38.9 Å². The number of rotatable bonds is 8. The summed E-state index contributed by atoms with van der Waals surface area (Å²) in [7, 11) is 0. The Morgan fingerprint density at radius 1 is 1.22 bits per heavy atom. The molecule has 1 fully saturated rings. The lowest BCUT2D eigenvalue weighted by molar-refractivity contribution is -0.149. The molecule has 0 atom stereocenters. The molecule has 18 heavy (non-hydrogen) atoms. The van der Waals surface area contributed by atoms with Crippen LogP contribution in [0.15, 0.2) is 0 Å². The standard InChI is InChI=1S/C12H23F3N2O/c1-11(2,7-16-10-3-4-10)8-17(5-6-18)9-12(13,14)15/h10,16,18H,3-9H2,1-2H3. The van der Waals surface area contributed by atoms with E-state index in [4.69, 9.17) is 5.11 Å². The number of aliphatic hydroxyl groups is 1. The SMILES string of the molecule is CC(C)(CNC1CC1)CN(CCO)CC(F)(F)F. The number of nitrogens with zero attached hydrogens (tertiary/aromatic N) is 1. The number of halogens is 3. The third-order valence-electron chi connectivity index (χ3n) is 2.92. The Kier molecular flexibility index (Phi) is 5.43. The van der Waals surface area contributed by atoms with E-state index in [1.165, 1.54) is 17.7 Å². The molecule has 0 saturated heterocycles. The molecule has 0 amide bonds. The van der Waals surface area contributed by atoms with E-state index in [-0.39, 0.29) is 18.6 Å². The highest BCUT2D eigenvalue weighted by Crippen LogP contribution is 2.24. The number of hydrogen-bond acceptors (Lipinski definition) is 3. The zero-order valence-corrected chi connectivity index (χ0v) is 11.1. The van der Waals surface area contributed by atoms with Crippen LogP contribution in [0.1, 0.15) is 26.7 Å². The Labute approximate surface area is 106 Å². The van der Waals surface area contributed by atoms with Crippen LogP contribution in [0.3, 0.4) is 0 Å². The van der Waals surface area contributed by atoms with Crippen LogP contribution < -0.4 is 5.32 Å². The van der Waals surface area contributed by atoms with Gasteiger partial charge in [0.15, 0.2) is 0 Å². The molecule has 0 aromatic heterocycles. The molecule has 0 aliphatic heterocycles. The molecule has 2 N–H and O–H groups in total. The number of alkyl halides is 3. The summed E-state index contributed by atoms with van der Waals surface area (Å²) in [6, 6.07) is 0.554. The molecular weight excluding hydrogens is 245 g/mol. The summed E-state index contributed by atoms with van der Waals surface area (Å²) < 4.78 is 37.2. The predicted molar refractivity (Wildman–Crippen MR) is 64.4 cm³/mol. The molecule has 1 rings (SSSR count). The van der Waals surface area contributed by atoms with Gasteiger partial charge < -0.3 is 10.4 Å². The molecule has 6 heteroatoms. The first-order valence-electron chi connectivity index (χ1n) is 6.35. The van der Waals surface area contributed by atoms with E-state index < -0.39 is 12.7 Å². The predicted octanol–water partition coefficient (Wildman–Crippen LogP) is 1.62. The van der Waals surface area contributed by atoms with Crippen LogP contribution in [0.2, 0.25) is 0 Å². The van der Waals surface area contributed by atoms with Gasteiger partial charge in [0.05, 0.1) is 13.2 Å². The summed E-state index contributed by atoms with van der Waals surface area (Å²) in [5, 5.41) is 12.2. The number of nitrogens with one attached hydrogen (secondary N) is 1. The van der Waals surface area contributed by atoms with Gasteiger partial charge in [0.1, 0.15) is 0 Å². The van der Waals surface area contributed by atoms with Crippen molar-refractivity contribution < 1.29 is 18.3 Å². The van der Waals surface area contributed by atoms with Gasteiger partial charge in [0.25, 0.3) is 0 Å². The zero-order valence-electron chi connectivity index (χ0n) is 11.1. The highest BCUT2D eigenvalue weighted by atomic mass is 19.4. The molecule has 3 nitrogen and oxygen atoms in total. The minimum Gasteiger partial charge on any atom is -0.395 e. The van der Waals surface area contributed by atoms with Gasteiger partial charge >= 0.3 is 6.18 Å². The summed E-state index contributed by atoms with van der Waals surface area (Å²) in [6.07, 6.45) is -1.88. The van der Waals surface area contributed by atoms with Crippen molar-refractivity contribution in [2.75, 3.05) is 32.8 Å². The minimum atomic E-state index is -4.21. The molecule has 0 heterocycles. The maximum Gasteiger partial charge on any atom is 0.401 e. The van der Waals surface area contributed by atoms with Gasteiger partial charge in [-0.15, -0.1) is 0 Å². The largest absolute Gasteiger partial charge is 0.401 e. The van der Waals surface area contributed by atoms with Crippen molar-refractivity contribution in [3.8, 4) is 0 Å². The summed E-state index contributed by atoms with van der Waals surface area (Å²) in [5.74, 6) is 0. The Balaban J connectivity index is 2.40. The highest BCUT2D eigenvalue weighted by molar-refractivity contribution is 4.85. The van der Waals surface area contributed by atoms with Gasteiger partial charge in [0.2, 0.25) is 0 Å². The average Bonchev–Trinajstić information content (AvgIpc) is 2.94. The Hall–Kier alpha value is -0.330. The second kappa shape index (κ2) is 6.21. The molecule has 0 radical (unpaired) electrons. The van der Waals surface area contributed by atoms with Gasteiger partial charge in [-0.1, -0.05) is 13.8 Å².